The smallest absolute Gasteiger partial charge is 0.339 e. The molecule has 1 fully saturated rings. The van der Waals surface area contributed by atoms with Crippen molar-refractivity contribution in [2.24, 2.45) is 0 Å². The van der Waals surface area contributed by atoms with E-state index in [4.69, 9.17) is 9.47 Å². The Labute approximate surface area is 104 Å². The van der Waals surface area contributed by atoms with E-state index >= 15 is 0 Å². The fraction of sp³-hybridized carbons (Fsp3) is 0.385. The van der Waals surface area contributed by atoms with Gasteiger partial charge in [-0.1, -0.05) is 0 Å². The van der Waals surface area contributed by atoms with E-state index in [0.717, 1.165) is 31.0 Å². The number of rotatable bonds is 2. The van der Waals surface area contributed by atoms with Crippen LogP contribution in [0.5, 0.6) is 0 Å². The molecule has 0 spiro atoms. The molecule has 0 aromatic carbocycles. The molecule has 0 radical (unpaired) electrons. The Hall–Kier alpha value is -1.88. The van der Waals surface area contributed by atoms with Crippen LogP contribution < -0.4 is 0 Å². The van der Waals surface area contributed by atoms with Gasteiger partial charge in [-0.15, -0.1) is 0 Å². The number of hydrogen-bond donors (Lipinski definition) is 0. The number of methoxy groups -OCH3 is 1. The van der Waals surface area contributed by atoms with Gasteiger partial charge in [-0.2, -0.15) is 0 Å². The minimum atomic E-state index is -0.337. The molecule has 0 saturated carbocycles. The molecule has 1 atom stereocenters. The zero-order valence-corrected chi connectivity index (χ0v) is 10.1. The first-order valence-electron chi connectivity index (χ1n) is 5.92. The molecule has 3 heterocycles. The van der Waals surface area contributed by atoms with E-state index in [1.54, 1.807) is 12.3 Å². The van der Waals surface area contributed by atoms with Crippen molar-refractivity contribution in [1.29, 1.82) is 0 Å². The number of hydrogen-bond acceptors (Lipinski definition) is 4. The predicted molar refractivity (Wildman–Crippen MR) is 64.7 cm³/mol. The summed E-state index contributed by atoms with van der Waals surface area (Å²) in [5.41, 5.74) is 2.38. The first kappa shape index (κ1) is 11.2. The van der Waals surface area contributed by atoms with Crippen LogP contribution in [0, 0.1) is 0 Å². The molecule has 18 heavy (non-hydrogen) atoms. The van der Waals surface area contributed by atoms with E-state index in [1.807, 2.05) is 16.7 Å². The summed E-state index contributed by atoms with van der Waals surface area (Å²) in [7, 11) is 1.38. The van der Waals surface area contributed by atoms with E-state index < -0.39 is 0 Å². The number of nitrogens with zero attached hydrogens (tertiary/aromatic N) is 2. The van der Waals surface area contributed by atoms with Gasteiger partial charge in [-0.25, -0.2) is 9.78 Å². The third-order valence-electron chi connectivity index (χ3n) is 3.24. The molecule has 5 heteroatoms. The molecule has 3 rings (SSSR count). The van der Waals surface area contributed by atoms with Gasteiger partial charge in [0.15, 0.2) is 0 Å². The number of pyridine rings is 1. The zero-order chi connectivity index (χ0) is 12.5. The first-order chi connectivity index (χ1) is 8.78. The van der Waals surface area contributed by atoms with Crippen LogP contribution in [-0.2, 0) is 9.47 Å². The Kier molecular flexibility index (Phi) is 2.76. The van der Waals surface area contributed by atoms with Gasteiger partial charge in [0.25, 0.3) is 0 Å². The van der Waals surface area contributed by atoms with Crippen LogP contribution in [0.3, 0.4) is 0 Å². The number of ether oxygens (including phenoxy) is 2. The normalized spacial score (nSPS) is 19.3. The van der Waals surface area contributed by atoms with E-state index in [9.17, 15) is 4.79 Å². The Morgan fingerprint density at radius 3 is 3.11 bits per heavy atom. The van der Waals surface area contributed by atoms with Crippen LogP contribution in [0.2, 0.25) is 0 Å². The van der Waals surface area contributed by atoms with Gasteiger partial charge in [-0.3, -0.25) is 0 Å². The molecule has 1 aliphatic heterocycles. The Bertz CT molecular complexity index is 585. The molecule has 94 valence electrons. The van der Waals surface area contributed by atoms with Crippen molar-refractivity contribution in [3.63, 3.8) is 0 Å². The van der Waals surface area contributed by atoms with Crippen molar-refractivity contribution in [2.75, 3.05) is 20.3 Å². The molecule has 1 aliphatic rings. The summed E-state index contributed by atoms with van der Waals surface area (Å²) in [4.78, 5) is 16.0. The fourth-order valence-corrected chi connectivity index (χ4v) is 2.21. The summed E-state index contributed by atoms with van der Waals surface area (Å²) in [5, 5.41) is 0. The van der Waals surface area contributed by atoms with Gasteiger partial charge in [0.05, 0.1) is 25.0 Å². The van der Waals surface area contributed by atoms with Crippen LogP contribution in [-0.4, -0.2) is 35.7 Å². The third-order valence-corrected chi connectivity index (χ3v) is 3.24. The number of aromatic nitrogens is 2. The fourth-order valence-electron chi connectivity index (χ4n) is 2.21. The van der Waals surface area contributed by atoms with Gasteiger partial charge in [0.2, 0.25) is 0 Å². The minimum Gasteiger partial charge on any atom is -0.465 e. The zero-order valence-electron chi connectivity index (χ0n) is 10.1. The van der Waals surface area contributed by atoms with Crippen LogP contribution in [0.25, 0.3) is 5.65 Å². The highest BCUT2D eigenvalue weighted by Crippen LogP contribution is 2.24. The van der Waals surface area contributed by atoms with Crippen LogP contribution in [0.4, 0.5) is 0 Å². The maximum absolute atomic E-state index is 11.4. The number of imidazole rings is 1. The van der Waals surface area contributed by atoms with Crippen LogP contribution in [0.15, 0.2) is 24.5 Å². The molecule has 1 saturated heterocycles. The second-order valence-corrected chi connectivity index (χ2v) is 4.40. The Morgan fingerprint density at radius 2 is 2.39 bits per heavy atom. The lowest BCUT2D eigenvalue weighted by molar-refractivity contribution is 0.0600. The van der Waals surface area contributed by atoms with Crippen LogP contribution >= 0.6 is 0 Å². The summed E-state index contributed by atoms with van der Waals surface area (Å²) in [6, 6.07) is 3.55. The predicted octanol–water partition coefficient (Wildman–Crippen LogP) is 1.62. The van der Waals surface area contributed by atoms with Crippen molar-refractivity contribution in [3.8, 4) is 0 Å². The molecule has 2 aromatic rings. The highest BCUT2D eigenvalue weighted by atomic mass is 16.5. The number of carbonyl (C=O) groups excluding carboxylic acids is 1. The van der Waals surface area contributed by atoms with Crippen molar-refractivity contribution in [1.82, 2.24) is 9.38 Å². The largest absolute Gasteiger partial charge is 0.465 e. The van der Waals surface area contributed by atoms with E-state index in [1.165, 1.54) is 7.11 Å². The van der Waals surface area contributed by atoms with Gasteiger partial charge >= 0.3 is 5.97 Å². The molecule has 2 aromatic heterocycles. The summed E-state index contributed by atoms with van der Waals surface area (Å²) < 4.78 is 11.9. The molecule has 1 unspecified atom stereocenters. The topological polar surface area (TPSA) is 52.8 Å². The number of esters is 1. The lowest BCUT2D eigenvalue weighted by Gasteiger charge is -2.00. The van der Waals surface area contributed by atoms with E-state index in [-0.39, 0.29) is 5.97 Å². The summed E-state index contributed by atoms with van der Waals surface area (Å²) >= 11 is 0. The Morgan fingerprint density at radius 1 is 1.50 bits per heavy atom. The third kappa shape index (κ3) is 1.86. The molecule has 0 bridgehead atoms. The lowest BCUT2D eigenvalue weighted by atomic mass is 10.1. The lowest BCUT2D eigenvalue weighted by Crippen LogP contribution is -2.02. The van der Waals surface area contributed by atoms with E-state index in [2.05, 4.69) is 4.98 Å². The summed E-state index contributed by atoms with van der Waals surface area (Å²) in [6.45, 7) is 1.53. The SMILES string of the molecule is COC(=O)c1ccc2nc(C3CCOC3)cn2c1. The van der Waals surface area contributed by atoms with Crippen molar-refractivity contribution >= 4 is 11.6 Å². The quantitative estimate of drug-likeness (QED) is 0.756. The number of fused-ring (bicyclic) bond motifs is 1. The highest BCUT2D eigenvalue weighted by molar-refractivity contribution is 5.89. The second-order valence-electron chi connectivity index (χ2n) is 4.40. The molecule has 0 N–H and O–H groups in total. The first-order valence-corrected chi connectivity index (χ1v) is 5.92. The van der Waals surface area contributed by atoms with Gasteiger partial charge in [0.1, 0.15) is 5.65 Å². The van der Waals surface area contributed by atoms with Crippen molar-refractivity contribution < 1.29 is 14.3 Å². The summed E-state index contributed by atoms with van der Waals surface area (Å²) in [6.07, 6.45) is 4.71. The molecular formula is C13H14N2O3. The average molecular weight is 246 g/mol. The molecular weight excluding hydrogens is 232 g/mol. The number of carbonyl (C=O) groups is 1. The maximum Gasteiger partial charge on any atom is 0.339 e. The maximum atomic E-state index is 11.4. The van der Waals surface area contributed by atoms with Crippen LogP contribution in [0.1, 0.15) is 28.4 Å². The van der Waals surface area contributed by atoms with E-state index in [0.29, 0.717) is 11.5 Å². The van der Waals surface area contributed by atoms with Gasteiger partial charge in [-0.05, 0) is 18.6 Å². The van der Waals surface area contributed by atoms with Gasteiger partial charge in [0, 0.05) is 24.9 Å². The standard InChI is InChI=1S/C13H14N2O3/c1-17-13(16)9-2-3-12-14-11(7-15(12)6-9)10-4-5-18-8-10/h2-3,6-7,10H,4-5,8H2,1H3. The molecule has 0 amide bonds. The van der Waals surface area contributed by atoms with Crippen molar-refractivity contribution in [2.45, 2.75) is 12.3 Å². The summed E-state index contributed by atoms with van der Waals surface area (Å²) in [5.74, 6) is 0.0304. The van der Waals surface area contributed by atoms with Gasteiger partial charge < -0.3 is 13.9 Å². The molecule has 5 nitrogen and oxygen atoms in total. The Balaban J connectivity index is 1.98. The molecule has 0 aliphatic carbocycles. The highest BCUT2D eigenvalue weighted by Gasteiger charge is 2.20. The average Bonchev–Trinajstić information content (AvgIpc) is 3.04. The van der Waals surface area contributed by atoms with Crippen molar-refractivity contribution in [3.05, 3.63) is 35.8 Å². The minimum absolute atomic E-state index is 0.337. The second kappa shape index (κ2) is 4.42. The monoisotopic (exact) mass is 246 g/mol.